The van der Waals surface area contributed by atoms with Crippen molar-refractivity contribution in [3.63, 3.8) is 0 Å². The fourth-order valence-electron chi connectivity index (χ4n) is 3.80. The topological polar surface area (TPSA) is 131 Å². The molecular formula is C25H34N6O4. The van der Waals surface area contributed by atoms with Gasteiger partial charge in [-0.15, -0.1) is 0 Å². The smallest absolute Gasteiger partial charge is 0.360 e. The minimum atomic E-state index is -0.633. The summed E-state index contributed by atoms with van der Waals surface area (Å²) in [4.78, 5) is 29.7. The van der Waals surface area contributed by atoms with Gasteiger partial charge in [0.05, 0.1) is 24.5 Å². The third-order valence-electron chi connectivity index (χ3n) is 5.79. The van der Waals surface area contributed by atoms with Crippen LogP contribution in [0.1, 0.15) is 78.2 Å². The van der Waals surface area contributed by atoms with E-state index in [0.29, 0.717) is 24.5 Å². The molecule has 10 heteroatoms. The van der Waals surface area contributed by atoms with E-state index in [-0.39, 0.29) is 23.1 Å². The molecule has 0 radical (unpaired) electrons. The third-order valence-corrected chi connectivity index (χ3v) is 5.79. The molecule has 2 aromatic rings. The van der Waals surface area contributed by atoms with E-state index >= 15 is 0 Å². The minimum Gasteiger partial charge on any atom is -0.464 e. The van der Waals surface area contributed by atoms with Crippen LogP contribution in [0.4, 0.5) is 5.69 Å². The van der Waals surface area contributed by atoms with E-state index in [1.807, 2.05) is 0 Å². The van der Waals surface area contributed by atoms with E-state index < -0.39 is 11.9 Å². The van der Waals surface area contributed by atoms with Gasteiger partial charge in [0.2, 0.25) is 0 Å². The molecule has 0 aliphatic carbocycles. The largest absolute Gasteiger partial charge is 0.464 e. The summed E-state index contributed by atoms with van der Waals surface area (Å²) < 4.78 is 11.9. The maximum Gasteiger partial charge on any atom is 0.360 e. The Bertz CT molecular complexity index is 1040. The molecule has 0 atom stereocenters. The number of nitrogens with one attached hydrogen (secondary N) is 3. The maximum atomic E-state index is 13.0. The lowest BCUT2D eigenvalue weighted by atomic mass is 10.1. The number of unbranched alkanes of at least 4 members (excludes halogenated alkanes) is 3. The van der Waals surface area contributed by atoms with Crippen molar-refractivity contribution in [3.8, 4) is 0 Å². The van der Waals surface area contributed by atoms with Crippen LogP contribution in [-0.4, -0.2) is 59.7 Å². The zero-order chi connectivity index (χ0) is 25.0. The number of hydrogen-bond donors (Lipinski definition) is 3. The summed E-state index contributed by atoms with van der Waals surface area (Å²) in [5.74, 6) is -1.12. The maximum absolute atomic E-state index is 13.0. The van der Waals surface area contributed by atoms with Crippen LogP contribution in [0, 0.1) is 5.41 Å². The Kier molecular flexibility index (Phi) is 9.97. The van der Waals surface area contributed by atoms with E-state index in [9.17, 15) is 9.59 Å². The van der Waals surface area contributed by atoms with Gasteiger partial charge in [0.15, 0.2) is 5.69 Å². The first kappa shape index (κ1) is 26.1. The average Bonchev–Trinajstić information content (AvgIpc) is 3.32. The number of anilines is 1. The first-order valence-corrected chi connectivity index (χ1v) is 12.0. The first-order valence-electron chi connectivity index (χ1n) is 12.0. The van der Waals surface area contributed by atoms with Crippen molar-refractivity contribution in [3.05, 3.63) is 47.7 Å². The quantitative estimate of drug-likeness (QED) is 0.238. The van der Waals surface area contributed by atoms with Gasteiger partial charge in [0.25, 0.3) is 5.91 Å². The van der Waals surface area contributed by atoms with Crippen molar-refractivity contribution >= 4 is 29.4 Å². The number of carbonyl (C=O) groups is 2. The number of methoxy groups -OCH3 is 1. The van der Waals surface area contributed by atoms with Gasteiger partial charge in [-0.05, 0) is 31.4 Å². The summed E-state index contributed by atoms with van der Waals surface area (Å²) in [7, 11) is 1.27. The lowest BCUT2D eigenvalue weighted by Crippen LogP contribution is -2.20. The summed E-state index contributed by atoms with van der Waals surface area (Å²) >= 11 is 0. The van der Waals surface area contributed by atoms with E-state index in [4.69, 9.17) is 14.9 Å². The predicted molar refractivity (Wildman–Crippen MR) is 134 cm³/mol. The van der Waals surface area contributed by atoms with Gasteiger partial charge in [-0.25, -0.2) is 9.78 Å². The first-order chi connectivity index (χ1) is 17.1. The SMILES string of the molecule is CCCCCCN/C=C(\C=N)c1cccc(C(=O)Nc2cn(C3CCOCC3)nc2C(=O)OC)n1. The number of amides is 1. The molecule has 3 rings (SSSR count). The summed E-state index contributed by atoms with van der Waals surface area (Å²) in [6.45, 7) is 4.22. The van der Waals surface area contributed by atoms with Crippen molar-refractivity contribution in [2.45, 2.75) is 51.5 Å². The highest BCUT2D eigenvalue weighted by Crippen LogP contribution is 2.25. The third kappa shape index (κ3) is 7.22. The molecule has 1 aliphatic heterocycles. The van der Waals surface area contributed by atoms with Crippen molar-refractivity contribution in [1.82, 2.24) is 20.1 Å². The van der Waals surface area contributed by atoms with Crippen molar-refractivity contribution < 1.29 is 19.1 Å². The molecule has 0 spiro atoms. The second-order valence-electron chi connectivity index (χ2n) is 8.33. The van der Waals surface area contributed by atoms with E-state index in [2.05, 4.69) is 27.6 Å². The van der Waals surface area contributed by atoms with Crippen LogP contribution >= 0.6 is 0 Å². The number of hydrogen-bond acceptors (Lipinski definition) is 8. The van der Waals surface area contributed by atoms with Crippen LogP contribution in [0.15, 0.2) is 30.6 Å². The highest BCUT2D eigenvalue weighted by atomic mass is 16.5. The summed E-state index contributed by atoms with van der Waals surface area (Å²) in [5.41, 5.74) is 1.53. The molecular weight excluding hydrogens is 448 g/mol. The number of pyridine rings is 1. The van der Waals surface area contributed by atoms with Crippen LogP contribution in [0.3, 0.4) is 0 Å². The predicted octanol–water partition coefficient (Wildman–Crippen LogP) is 3.83. The monoisotopic (exact) mass is 482 g/mol. The standard InChI is InChI=1S/C25H34N6O4/c1-3-4-5-6-12-27-16-18(15-26)20-8-7-9-21(28-20)24(32)29-22-17-31(19-10-13-35-14-11-19)30-23(22)25(33)34-2/h7-9,15-17,19,26-27H,3-6,10-14H2,1-2H3,(H,29,32)/b18-16+,26-15?. The number of carbonyl (C=O) groups excluding carboxylic acids is 2. The van der Waals surface area contributed by atoms with Gasteiger partial charge < -0.3 is 25.5 Å². The second-order valence-corrected chi connectivity index (χ2v) is 8.33. The molecule has 0 bridgehead atoms. The lowest BCUT2D eigenvalue weighted by Gasteiger charge is -2.22. The van der Waals surface area contributed by atoms with E-state index in [0.717, 1.165) is 32.2 Å². The van der Waals surface area contributed by atoms with Crippen molar-refractivity contribution in [2.24, 2.45) is 0 Å². The van der Waals surface area contributed by atoms with Crippen LogP contribution < -0.4 is 10.6 Å². The number of ether oxygens (including phenoxy) is 2. The fourth-order valence-corrected chi connectivity index (χ4v) is 3.80. The summed E-state index contributed by atoms with van der Waals surface area (Å²) in [6.07, 6.45) is 10.7. The number of aromatic nitrogens is 3. The number of allylic oxidation sites excluding steroid dienone is 1. The summed E-state index contributed by atoms with van der Waals surface area (Å²) in [6, 6.07) is 5.12. The number of nitrogens with zero attached hydrogens (tertiary/aromatic N) is 3. The molecule has 3 N–H and O–H groups in total. The number of rotatable bonds is 12. The molecule has 35 heavy (non-hydrogen) atoms. The Balaban J connectivity index is 1.74. The molecule has 188 valence electrons. The van der Waals surface area contributed by atoms with Gasteiger partial charge in [-0.1, -0.05) is 32.3 Å². The van der Waals surface area contributed by atoms with Crippen LogP contribution in [0.25, 0.3) is 5.57 Å². The van der Waals surface area contributed by atoms with Crippen molar-refractivity contribution in [1.29, 1.82) is 5.41 Å². The average molecular weight is 483 g/mol. The molecule has 1 amide bonds. The molecule has 1 saturated heterocycles. The molecule has 0 unspecified atom stereocenters. The lowest BCUT2D eigenvalue weighted by molar-refractivity contribution is 0.0583. The van der Waals surface area contributed by atoms with Crippen LogP contribution in [-0.2, 0) is 9.47 Å². The highest BCUT2D eigenvalue weighted by molar-refractivity contribution is 6.09. The van der Waals surface area contributed by atoms with E-state index in [1.165, 1.54) is 26.2 Å². The Hall–Kier alpha value is -3.53. The van der Waals surface area contributed by atoms with E-state index in [1.54, 1.807) is 35.3 Å². The molecule has 10 nitrogen and oxygen atoms in total. The molecule has 0 aromatic carbocycles. The molecule has 3 heterocycles. The van der Waals surface area contributed by atoms with Gasteiger partial charge >= 0.3 is 5.97 Å². The van der Waals surface area contributed by atoms with Gasteiger partial charge in [-0.3, -0.25) is 9.48 Å². The highest BCUT2D eigenvalue weighted by Gasteiger charge is 2.24. The molecule has 2 aromatic heterocycles. The van der Waals surface area contributed by atoms with Crippen molar-refractivity contribution in [2.75, 3.05) is 32.2 Å². The van der Waals surface area contributed by atoms with Crippen LogP contribution in [0.5, 0.6) is 0 Å². The Morgan fingerprint density at radius 1 is 1.23 bits per heavy atom. The second kappa shape index (κ2) is 13.4. The van der Waals surface area contributed by atoms with Gasteiger partial charge in [0, 0.05) is 43.9 Å². The Morgan fingerprint density at radius 2 is 2.00 bits per heavy atom. The summed E-state index contributed by atoms with van der Waals surface area (Å²) in [5, 5.41) is 18.1. The minimum absolute atomic E-state index is 0.0378. The zero-order valence-electron chi connectivity index (χ0n) is 20.4. The normalized spacial score (nSPS) is 14.4. The van der Waals surface area contributed by atoms with Gasteiger partial charge in [-0.2, -0.15) is 5.10 Å². The molecule has 1 fully saturated rings. The number of esters is 1. The Morgan fingerprint density at radius 3 is 2.71 bits per heavy atom. The Labute approximate surface area is 205 Å². The molecule has 0 saturated carbocycles. The fraction of sp³-hybridized carbons (Fsp3) is 0.480. The van der Waals surface area contributed by atoms with Crippen LogP contribution in [0.2, 0.25) is 0 Å². The van der Waals surface area contributed by atoms with Gasteiger partial charge in [0.1, 0.15) is 5.69 Å². The zero-order valence-corrected chi connectivity index (χ0v) is 20.4. The molecule has 1 aliphatic rings.